The Balaban J connectivity index is 0.00000420. The third-order valence-corrected chi connectivity index (χ3v) is 4.28. The smallest absolute Gasteiger partial charge is 0.191 e. The zero-order valence-corrected chi connectivity index (χ0v) is 20.7. The number of hydrogen-bond acceptors (Lipinski definition) is 4. The van der Waals surface area contributed by atoms with Crippen LogP contribution in [0.2, 0.25) is 0 Å². The van der Waals surface area contributed by atoms with Gasteiger partial charge in [-0.05, 0) is 46.6 Å². The van der Waals surface area contributed by atoms with E-state index in [4.69, 9.17) is 19.2 Å². The number of guanidine groups is 1. The Morgan fingerprint density at radius 1 is 1.24 bits per heavy atom. The predicted molar refractivity (Wildman–Crippen MR) is 129 cm³/mol. The maximum Gasteiger partial charge on any atom is 0.191 e. The molecular formula is C22H38IN3O3. The van der Waals surface area contributed by atoms with E-state index in [1.807, 2.05) is 18.2 Å². The van der Waals surface area contributed by atoms with Crippen molar-refractivity contribution in [3.63, 3.8) is 0 Å². The fraction of sp³-hybridized carbons (Fsp3) is 0.682. The molecule has 0 spiro atoms. The highest BCUT2D eigenvalue weighted by Gasteiger charge is 2.15. The average Bonchev–Trinajstić information content (AvgIpc) is 3.15. The van der Waals surface area contributed by atoms with Gasteiger partial charge >= 0.3 is 0 Å². The second-order valence-corrected chi connectivity index (χ2v) is 8.10. The molecule has 1 aromatic carbocycles. The normalized spacial score (nSPS) is 17.0. The Kier molecular flexibility index (Phi) is 12.6. The van der Waals surface area contributed by atoms with Crippen LogP contribution in [0.5, 0.6) is 5.75 Å². The third kappa shape index (κ3) is 11.1. The summed E-state index contributed by atoms with van der Waals surface area (Å²) in [5.41, 5.74) is 0.851. The van der Waals surface area contributed by atoms with Gasteiger partial charge in [0.05, 0.1) is 19.8 Å². The van der Waals surface area contributed by atoms with Crippen LogP contribution in [0.3, 0.4) is 0 Å². The highest BCUT2D eigenvalue weighted by atomic mass is 127. The molecule has 1 heterocycles. The minimum absolute atomic E-state index is 0. The number of rotatable bonds is 10. The van der Waals surface area contributed by atoms with Crippen molar-refractivity contribution in [2.45, 2.75) is 52.7 Å². The second kappa shape index (κ2) is 14.0. The van der Waals surface area contributed by atoms with Crippen molar-refractivity contribution in [3.8, 4) is 5.75 Å². The van der Waals surface area contributed by atoms with E-state index in [0.29, 0.717) is 12.5 Å². The largest absolute Gasteiger partial charge is 0.488 e. The predicted octanol–water partition coefficient (Wildman–Crippen LogP) is 3.98. The van der Waals surface area contributed by atoms with Gasteiger partial charge in [0.15, 0.2) is 5.96 Å². The van der Waals surface area contributed by atoms with Gasteiger partial charge in [0.1, 0.15) is 11.4 Å². The quantitative estimate of drug-likeness (QED) is 0.212. The maximum absolute atomic E-state index is 6.06. The molecule has 0 amide bonds. The van der Waals surface area contributed by atoms with Crippen LogP contribution < -0.4 is 15.4 Å². The number of ether oxygens (including phenoxy) is 3. The van der Waals surface area contributed by atoms with Crippen molar-refractivity contribution in [2.24, 2.45) is 10.9 Å². The van der Waals surface area contributed by atoms with Crippen molar-refractivity contribution >= 4 is 29.9 Å². The van der Waals surface area contributed by atoms with Crippen molar-refractivity contribution in [2.75, 3.05) is 39.5 Å². The Hall–Kier alpha value is -1.06. The molecule has 0 saturated carbocycles. The number of nitrogens with one attached hydrogen (secondary N) is 2. The lowest BCUT2D eigenvalue weighted by atomic mass is 10.1. The lowest BCUT2D eigenvalue weighted by Crippen LogP contribution is -2.38. The number of benzene rings is 1. The lowest BCUT2D eigenvalue weighted by molar-refractivity contribution is 0.0888. The van der Waals surface area contributed by atoms with Crippen molar-refractivity contribution in [3.05, 3.63) is 29.8 Å². The molecule has 0 bridgehead atoms. The summed E-state index contributed by atoms with van der Waals surface area (Å²) >= 11 is 0. The summed E-state index contributed by atoms with van der Waals surface area (Å²) in [5.74, 6) is 2.28. The zero-order chi connectivity index (χ0) is 20.2. The van der Waals surface area contributed by atoms with Crippen LogP contribution in [0.15, 0.2) is 29.3 Å². The molecule has 1 atom stereocenters. The summed E-state index contributed by atoms with van der Waals surface area (Å²) in [6.07, 6.45) is 2.07. The van der Waals surface area contributed by atoms with Crippen LogP contribution in [0.25, 0.3) is 0 Å². The van der Waals surface area contributed by atoms with Crippen molar-refractivity contribution in [1.29, 1.82) is 0 Å². The minimum atomic E-state index is -0.229. The SMILES string of the molecule is CCNC(=NCc1ccccc1OC(C)(C)C)NCCCOCC1CCOC1.I. The van der Waals surface area contributed by atoms with Crippen LogP contribution in [0, 0.1) is 5.92 Å². The molecule has 0 radical (unpaired) electrons. The number of para-hydroxylation sites is 1. The molecule has 2 N–H and O–H groups in total. The summed E-state index contributed by atoms with van der Waals surface area (Å²) in [5, 5.41) is 6.68. The van der Waals surface area contributed by atoms with E-state index in [1.165, 1.54) is 0 Å². The molecule has 1 aliphatic heterocycles. The van der Waals surface area contributed by atoms with E-state index in [2.05, 4.69) is 44.4 Å². The fourth-order valence-corrected chi connectivity index (χ4v) is 2.92. The first-order chi connectivity index (χ1) is 13.5. The van der Waals surface area contributed by atoms with E-state index in [1.54, 1.807) is 0 Å². The molecule has 2 rings (SSSR count). The average molecular weight is 519 g/mol. The molecule has 1 fully saturated rings. The number of aliphatic imine (C=N–C) groups is 1. The van der Waals surface area contributed by atoms with E-state index >= 15 is 0 Å². The zero-order valence-electron chi connectivity index (χ0n) is 18.3. The van der Waals surface area contributed by atoms with Crippen LogP contribution >= 0.6 is 24.0 Å². The molecule has 1 aromatic rings. The van der Waals surface area contributed by atoms with Gasteiger partial charge in [-0.25, -0.2) is 4.99 Å². The van der Waals surface area contributed by atoms with E-state index in [0.717, 1.165) is 69.6 Å². The lowest BCUT2D eigenvalue weighted by Gasteiger charge is -2.23. The van der Waals surface area contributed by atoms with Gasteiger partial charge in [-0.2, -0.15) is 0 Å². The van der Waals surface area contributed by atoms with E-state index < -0.39 is 0 Å². The van der Waals surface area contributed by atoms with Crippen LogP contribution in [0.4, 0.5) is 0 Å². The first-order valence-corrected chi connectivity index (χ1v) is 10.4. The Bertz CT molecular complexity index is 599. The fourth-order valence-electron chi connectivity index (χ4n) is 2.92. The highest BCUT2D eigenvalue weighted by molar-refractivity contribution is 14.0. The van der Waals surface area contributed by atoms with Gasteiger partial charge < -0.3 is 24.8 Å². The number of hydrogen-bond donors (Lipinski definition) is 2. The summed E-state index contributed by atoms with van der Waals surface area (Å²) < 4.78 is 17.2. The topological polar surface area (TPSA) is 64.1 Å². The molecule has 0 aliphatic carbocycles. The van der Waals surface area contributed by atoms with Gasteiger partial charge in [0.2, 0.25) is 0 Å². The Morgan fingerprint density at radius 3 is 2.72 bits per heavy atom. The second-order valence-electron chi connectivity index (χ2n) is 8.10. The molecule has 1 unspecified atom stereocenters. The summed E-state index contributed by atoms with van der Waals surface area (Å²) in [4.78, 5) is 4.71. The van der Waals surface area contributed by atoms with Gasteiger partial charge in [0, 0.05) is 37.8 Å². The Labute approximate surface area is 193 Å². The number of nitrogens with zero attached hydrogens (tertiary/aromatic N) is 1. The summed E-state index contributed by atoms with van der Waals surface area (Å²) in [7, 11) is 0. The van der Waals surface area contributed by atoms with Gasteiger partial charge in [-0.15, -0.1) is 24.0 Å². The third-order valence-electron chi connectivity index (χ3n) is 4.28. The molecule has 6 nitrogen and oxygen atoms in total. The molecular weight excluding hydrogens is 481 g/mol. The van der Waals surface area contributed by atoms with Crippen LogP contribution in [0.1, 0.15) is 46.1 Å². The van der Waals surface area contributed by atoms with E-state index in [-0.39, 0.29) is 29.6 Å². The standard InChI is InChI=1S/C22H37N3O3.HI/c1-5-23-21(24-12-8-13-26-16-18-11-14-27-17-18)25-15-19-9-6-7-10-20(19)28-22(2,3)4;/h6-7,9-10,18H,5,8,11-17H2,1-4H3,(H2,23,24,25);1H. The first kappa shape index (κ1) is 26.0. The molecule has 0 aromatic heterocycles. The molecule has 1 saturated heterocycles. The first-order valence-electron chi connectivity index (χ1n) is 10.4. The summed E-state index contributed by atoms with van der Waals surface area (Å²) in [6.45, 7) is 13.7. The highest BCUT2D eigenvalue weighted by Crippen LogP contribution is 2.23. The molecule has 7 heteroatoms. The van der Waals surface area contributed by atoms with E-state index in [9.17, 15) is 0 Å². The summed E-state index contributed by atoms with van der Waals surface area (Å²) in [6, 6.07) is 8.08. The number of halogens is 1. The minimum Gasteiger partial charge on any atom is -0.488 e. The van der Waals surface area contributed by atoms with Crippen LogP contribution in [-0.4, -0.2) is 51.1 Å². The Morgan fingerprint density at radius 2 is 2.03 bits per heavy atom. The molecule has 1 aliphatic rings. The van der Waals surface area contributed by atoms with Crippen molar-refractivity contribution in [1.82, 2.24) is 10.6 Å². The van der Waals surface area contributed by atoms with Crippen LogP contribution in [-0.2, 0) is 16.0 Å². The molecule has 29 heavy (non-hydrogen) atoms. The maximum atomic E-state index is 6.06. The van der Waals surface area contributed by atoms with Gasteiger partial charge in [-0.3, -0.25) is 0 Å². The van der Waals surface area contributed by atoms with Gasteiger partial charge in [0.25, 0.3) is 0 Å². The monoisotopic (exact) mass is 519 g/mol. The van der Waals surface area contributed by atoms with Crippen molar-refractivity contribution < 1.29 is 14.2 Å². The van der Waals surface area contributed by atoms with Gasteiger partial charge in [-0.1, -0.05) is 18.2 Å². The molecule has 166 valence electrons.